The third-order valence-corrected chi connectivity index (χ3v) is 6.58. The lowest BCUT2D eigenvalue weighted by Crippen LogP contribution is -2.49. The number of rotatable bonds is 4. The van der Waals surface area contributed by atoms with Gasteiger partial charge in [0.2, 0.25) is 0 Å². The number of hydrogen-bond acceptors (Lipinski definition) is 7. The van der Waals surface area contributed by atoms with Crippen LogP contribution in [-0.2, 0) is 22.4 Å². The molecule has 3 aromatic rings. The number of aromatic nitrogens is 4. The van der Waals surface area contributed by atoms with Crippen molar-refractivity contribution in [3.8, 4) is 17.0 Å². The molecule has 1 atom stereocenters. The van der Waals surface area contributed by atoms with E-state index in [-0.39, 0.29) is 11.8 Å². The summed E-state index contributed by atoms with van der Waals surface area (Å²) >= 11 is 0. The number of nitrogen functional groups attached to an aromatic ring is 1. The molecule has 1 saturated heterocycles. The van der Waals surface area contributed by atoms with Crippen molar-refractivity contribution in [1.29, 1.82) is 0 Å². The fourth-order valence-corrected chi connectivity index (χ4v) is 4.72. The number of carbonyl (C=O) groups excluding carboxylic acids is 1. The lowest BCUT2D eigenvalue weighted by atomic mass is 9.96. The average molecular weight is 518 g/mol. The molecular weight excluding hydrogens is 491 g/mol. The third kappa shape index (κ3) is 4.90. The molecule has 196 valence electrons. The van der Waals surface area contributed by atoms with Crippen molar-refractivity contribution in [3.63, 3.8) is 0 Å². The highest BCUT2D eigenvalue weighted by Gasteiger charge is 2.47. The monoisotopic (exact) mass is 517 g/mol. The van der Waals surface area contributed by atoms with E-state index < -0.39 is 23.3 Å². The van der Waals surface area contributed by atoms with Crippen LogP contribution in [0.5, 0.6) is 5.75 Å². The van der Waals surface area contributed by atoms with Crippen LogP contribution in [0.2, 0.25) is 0 Å². The molecule has 0 radical (unpaired) electrons. The predicted molar refractivity (Wildman–Crippen MR) is 126 cm³/mol. The Labute approximate surface area is 210 Å². The van der Waals surface area contributed by atoms with E-state index in [2.05, 4.69) is 25.1 Å². The Kier molecular flexibility index (Phi) is 5.97. The van der Waals surface area contributed by atoms with E-state index in [9.17, 15) is 18.0 Å². The smallest absolute Gasteiger partial charge is 0.402 e. The Hall–Kier alpha value is -3.87. The van der Waals surface area contributed by atoms with Gasteiger partial charge in [0.25, 0.3) is 0 Å². The summed E-state index contributed by atoms with van der Waals surface area (Å²) in [4.78, 5) is 23.0. The Bertz CT molecular complexity index is 1310. The van der Waals surface area contributed by atoms with E-state index in [4.69, 9.17) is 10.5 Å². The van der Waals surface area contributed by atoms with Crippen LogP contribution in [0.25, 0.3) is 11.3 Å². The van der Waals surface area contributed by atoms with Crippen molar-refractivity contribution in [2.45, 2.75) is 44.3 Å². The van der Waals surface area contributed by atoms with Gasteiger partial charge < -0.3 is 25.4 Å². The van der Waals surface area contributed by atoms with E-state index in [0.717, 1.165) is 17.5 Å². The molecular formula is C24H26F3N7O3. The largest absolute Gasteiger partial charge is 0.573 e. The molecule has 2 aliphatic rings. The molecule has 5 rings (SSSR count). The van der Waals surface area contributed by atoms with Gasteiger partial charge in [-0.1, -0.05) is 6.07 Å². The number of amides is 2. The van der Waals surface area contributed by atoms with Gasteiger partial charge in [-0.2, -0.15) is 5.10 Å². The third-order valence-electron chi connectivity index (χ3n) is 6.58. The highest BCUT2D eigenvalue weighted by atomic mass is 19.4. The van der Waals surface area contributed by atoms with Gasteiger partial charge in [-0.05, 0) is 38.1 Å². The zero-order chi connectivity index (χ0) is 26.4. The number of anilines is 1. The van der Waals surface area contributed by atoms with Crippen LogP contribution in [0.4, 0.5) is 23.8 Å². The van der Waals surface area contributed by atoms with Crippen molar-refractivity contribution in [2.75, 3.05) is 25.4 Å². The van der Waals surface area contributed by atoms with Gasteiger partial charge in [0.1, 0.15) is 5.60 Å². The zero-order valence-electron chi connectivity index (χ0n) is 20.2. The van der Waals surface area contributed by atoms with Crippen LogP contribution in [0.3, 0.4) is 0 Å². The summed E-state index contributed by atoms with van der Waals surface area (Å²) in [6.07, 6.45) is -1.34. The van der Waals surface area contributed by atoms with E-state index in [1.807, 2.05) is 32.0 Å². The van der Waals surface area contributed by atoms with Crippen LogP contribution >= 0.6 is 0 Å². The first-order valence-electron chi connectivity index (χ1n) is 11.7. The summed E-state index contributed by atoms with van der Waals surface area (Å²) in [5.41, 5.74) is 6.28. The fourth-order valence-electron chi connectivity index (χ4n) is 4.72. The first kappa shape index (κ1) is 24.8. The lowest BCUT2D eigenvalue weighted by Gasteiger charge is -2.34. The van der Waals surface area contributed by atoms with Crippen molar-refractivity contribution in [1.82, 2.24) is 30.0 Å². The topological polar surface area (TPSA) is 120 Å². The molecule has 0 aromatic carbocycles. The second-order valence-electron chi connectivity index (χ2n) is 9.58. The SMILES string of the molecule is CC(C)(NC(=O)N1CCC2(C1)OCCn1nc(-c3cnc(N)c(OC(F)(F)F)c3)cc12)c1ccccn1. The summed E-state index contributed by atoms with van der Waals surface area (Å²) in [7, 11) is 0. The average Bonchev–Trinajstić information content (AvgIpc) is 3.46. The molecule has 0 aliphatic carbocycles. The highest BCUT2D eigenvalue weighted by molar-refractivity contribution is 5.76. The summed E-state index contributed by atoms with van der Waals surface area (Å²) in [5.74, 6) is -0.975. The Morgan fingerprint density at radius 2 is 2.03 bits per heavy atom. The highest BCUT2D eigenvalue weighted by Crippen LogP contribution is 2.40. The number of nitrogens with two attached hydrogens (primary N) is 1. The number of hydrogen-bond donors (Lipinski definition) is 2. The molecule has 1 fully saturated rings. The first-order chi connectivity index (χ1) is 17.5. The minimum atomic E-state index is -4.90. The van der Waals surface area contributed by atoms with Gasteiger partial charge >= 0.3 is 12.4 Å². The molecule has 5 heterocycles. The number of halogens is 3. The van der Waals surface area contributed by atoms with Gasteiger partial charge in [0.05, 0.1) is 42.3 Å². The number of likely N-dealkylation sites (tertiary alicyclic amines) is 1. The van der Waals surface area contributed by atoms with E-state index in [1.165, 1.54) is 6.20 Å². The minimum absolute atomic E-state index is 0.246. The predicted octanol–water partition coefficient (Wildman–Crippen LogP) is 3.40. The van der Waals surface area contributed by atoms with Crippen LogP contribution in [0, 0.1) is 0 Å². The number of alkyl halides is 3. The van der Waals surface area contributed by atoms with Crippen LogP contribution in [0.15, 0.2) is 42.7 Å². The van der Waals surface area contributed by atoms with E-state index in [1.54, 1.807) is 21.8 Å². The number of pyridine rings is 2. The molecule has 0 saturated carbocycles. The number of fused-ring (bicyclic) bond motifs is 2. The van der Waals surface area contributed by atoms with Gasteiger partial charge in [0, 0.05) is 30.9 Å². The van der Waals surface area contributed by atoms with E-state index >= 15 is 0 Å². The Morgan fingerprint density at radius 1 is 1.22 bits per heavy atom. The van der Waals surface area contributed by atoms with Gasteiger partial charge in [-0.25, -0.2) is 9.78 Å². The minimum Gasteiger partial charge on any atom is -0.402 e. The van der Waals surface area contributed by atoms with Crippen molar-refractivity contribution < 1.29 is 27.4 Å². The molecule has 1 spiro atoms. The number of ether oxygens (including phenoxy) is 2. The molecule has 10 nitrogen and oxygen atoms in total. The molecule has 3 N–H and O–H groups in total. The van der Waals surface area contributed by atoms with Crippen LogP contribution in [-0.4, -0.2) is 56.7 Å². The number of nitrogens with zero attached hydrogens (tertiary/aromatic N) is 5. The van der Waals surface area contributed by atoms with E-state index in [0.29, 0.717) is 43.9 Å². The second-order valence-corrected chi connectivity index (χ2v) is 9.58. The second kappa shape index (κ2) is 8.91. The molecule has 2 aliphatic heterocycles. The lowest BCUT2D eigenvalue weighted by molar-refractivity contribution is -0.274. The molecule has 3 aromatic heterocycles. The summed E-state index contributed by atoms with van der Waals surface area (Å²) in [6, 6.07) is 8.20. The molecule has 2 amide bonds. The Balaban J connectivity index is 1.37. The molecule has 37 heavy (non-hydrogen) atoms. The maximum Gasteiger partial charge on any atom is 0.573 e. The number of urea groups is 1. The molecule has 0 bridgehead atoms. The van der Waals surface area contributed by atoms with Gasteiger partial charge in [-0.15, -0.1) is 13.2 Å². The van der Waals surface area contributed by atoms with Crippen LogP contribution in [0.1, 0.15) is 31.7 Å². The summed E-state index contributed by atoms with van der Waals surface area (Å²) in [6.45, 7) is 5.36. The maximum atomic E-state index is 13.2. The number of carbonyl (C=O) groups is 1. The quantitative estimate of drug-likeness (QED) is 0.544. The van der Waals surface area contributed by atoms with Gasteiger partial charge in [0.15, 0.2) is 11.6 Å². The number of nitrogens with one attached hydrogen (secondary N) is 1. The van der Waals surface area contributed by atoms with Crippen molar-refractivity contribution in [2.24, 2.45) is 0 Å². The summed E-state index contributed by atoms with van der Waals surface area (Å²) < 4.78 is 50.2. The zero-order valence-corrected chi connectivity index (χ0v) is 20.2. The van der Waals surface area contributed by atoms with Crippen LogP contribution < -0.4 is 15.8 Å². The summed E-state index contributed by atoms with van der Waals surface area (Å²) in [5, 5.41) is 7.61. The van der Waals surface area contributed by atoms with Gasteiger partial charge in [-0.3, -0.25) is 9.67 Å². The Morgan fingerprint density at radius 3 is 2.76 bits per heavy atom. The normalized spacial score (nSPS) is 19.6. The maximum absolute atomic E-state index is 13.2. The first-order valence-corrected chi connectivity index (χ1v) is 11.7. The van der Waals surface area contributed by atoms with Crippen molar-refractivity contribution in [3.05, 3.63) is 54.1 Å². The molecule has 1 unspecified atom stereocenters. The van der Waals surface area contributed by atoms with Crippen molar-refractivity contribution >= 4 is 11.8 Å². The molecule has 13 heteroatoms. The standard InChI is InChI=1S/C24H26F3N7O3/c1-22(2,18-5-3-4-7-29-18)31-21(35)33-8-6-23(14-33)19-12-16(32-34(19)9-10-36-23)15-11-17(20(28)30-13-15)37-24(25,26)27/h3-5,7,11-13H,6,8-10,14H2,1-2H3,(H2,28,30)(H,31,35). The fraction of sp³-hybridized carbons (Fsp3) is 0.417.